The number of nitrogens with one attached hydrogen (secondary N) is 1. The molecule has 0 saturated carbocycles. The van der Waals surface area contributed by atoms with Crippen molar-refractivity contribution in [3.63, 3.8) is 0 Å². The first-order valence-corrected chi connectivity index (χ1v) is 12.7. The number of hydrogen-bond donors (Lipinski definition) is 1. The van der Waals surface area contributed by atoms with E-state index in [1.165, 1.54) is 39.4 Å². The van der Waals surface area contributed by atoms with Gasteiger partial charge in [-0.3, -0.25) is 14.2 Å². The van der Waals surface area contributed by atoms with Gasteiger partial charge in [-0.1, -0.05) is 41.7 Å². The summed E-state index contributed by atoms with van der Waals surface area (Å²) in [5.41, 5.74) is 1.86. The fourth-order valence-corrected chi connectivity index (χ4v) is 6.31. The fourth-order valence-electron chi connectivity index (χ4n) is 3.83. The van der Waals surface area contributed by atoms with E-state index in [9.17, 15) is 14.0 Å². The first kappa shape index (κ1) is 22.6. The third-order valence-electron chi connectivity index (χ3n) is 5.35. The maximum absolute atomic E-state index is 13.7. The molecular weight excluding hydrogens is 537 g/mol. The van der Waals surface area contributed by atoms with Gasteiger partial charge in [0.1, 0.15) is 5.82 Å². The number of rotatable bonds is 4. The highest BCUT2D eigenvalue weighted by Gasteiger charge is 2.32. The number of benzene rings is 2. The first-order chi connectivity index (χ1) is 16.4. The molecule has 1 aliphatic heterocycles. The Labute approximate surface area is 210 Å². The number of para-hydroxylation sites is 1. The van der Waals surface area contributed by atoms with E-state index in [4.69, 9.17) is 0 Å². The van der Waals surface area contributed by atoms with Crippen molar-refractivity contribution in [1.82, 2.24) is 4.57 Å². The zero-order valence-corrected chi connectivity index (χ0v) is 21.0. The number of amides is 1. The average molecular weight is 554 g/mol. The number of halogens is 2. The molecule has 3 heterocycles. The molecule has 0 aliphatic carbocycles. The fraction of sp³-hybridized carbons (Fsp3) is 0.0800. The van der Waals surface area contributed by atoms with Crippen molar-refractivity contribution in [1.29, 1.82) is 0 Å². The minimum atomic E-state index is -0.738. The quantitative estimate of drug-likeness (QED) is 0.393. The van der Waals surface area contributed by atoms with Crippen LogP contribution in [0.1, 0.15) is 23.4 Å². The maximum Gasteiger partial charge on any atom is 0.271 e. The van der Waals surface area contributed by atoms with Gasteiger partial charge in [0.05, 0.1) is 25.6 Å². The third kappa shape index (κ3) is 4.34. The summed E-state index contributed by atoms with van der Waals surface area (Å²) < 4.78 is 16.7. The van der Waals surface area contributed by atoms with Crippen LogP contribution >= 0.6 is 38.6 Å². The van der Waals surface area contributed by atoms with Crippen LogP contribution in [0.15, 0.2) is 91.6 Å². The molecule has 0 saturated heterocycles. The van der Waals surface area contributed by atoms with Crippen molar-refractivity contribution < 1.29 is 9.18 Å². The van der Waals surface area contributed by atoms with Crippen molar-refractivity contribution in [2.24, 2.45) is 4.99 Å². The summed E-state index contributed by atoms with van der Waals surface area (Å²) in [5.74, 6) is -0.756. The Morgan fingerprint density at radius 2 is 1.82 bits per heavy atom. The van der Waals surface area contributed by atoms with E-state index < -0.39 is 11.9 Å². The third-order valence-corrected chi connectivity index (χ3v) is 7.90. The van der Waals surface area contributed by atoms with Crippen LogP contribution in [0.5, 0.6) is 0 Å². The number of hydrogen-bond acceptors (Lipinski definition) is 5. The molecule has 5 rings (SSSR count). The van der Waals surface area contributed by atoms with Gasteiger partial charge in [0.2, 0.25) is 0 Å². The van der Waals surface area contributed by atoms with Crippen LogP contribution in [0.4, 0.5) is 10.1 Å². The van der Waals surface area contributed by atoms with Crippen LogP contribution in [-0.4, -0.2) is 10.5 Å². The molecule has 1 unspecified atom stereocenters. The second kappa shape index (κ2) is 9.25. The first-order valence-electron chi connectivity index (χ1n) is 10.3. The highest BCUT2D eigenvalue weighted by atomic mass is 79.9. The largest absolute Gasteiger partial charge is 0.322 e. The van der Waals surface area contributed by atoms with Gasteiger partial charge in [-0.15, -0.1) is 11.3 Å². The van der Waals surface area contributed by atoms with Crippen molar-refractivity contribution >= 4 is 56.3 Å². The molecule has 1 N–H and O–H groups in total. The molecule has 1 atom stereocenters. The van der Waals surface area contributed by atoms with Gasteiger partial charge < -0.3 is 5.32 Å². The summed E-state index contributed by atoms with van der Waals surface area (Å²) in [5, 5.41) is 2.90. The van der Waals surface area contributed by atoms with E-state index in [0.717, 1.165) is 8.66 Å². The number of allylic oxidation sites excluding steroid dienone is 1. The van der Waals surface area contributed by atoms with Gasteiger partial charge in [-0.25, -0.2) is 9.38 Å². The number of fused-ring (bicyclic) bond motifs is 1. The predicted molar refractivity (Wildman–Crippen MR) is 137 cm³/mol. The van der Waals surface area contributed by atoms with E-state index in [1.807, 2.05) is 36.4 Å². The molecule has 0 spiro atoms. The minimum Gasteiger partial charge on any atom is -0.322 e. The molecule has 1 aliphatic rings. The lowest BCUT2D eigenvalue weighted by Crippen LogP contribution is -2.40. The van der Waals surface area contributed by atoms with Gasteiger partial charge >= 0.3 is 0 Å². The Morgan fingerprint density at radius 3 is 2.50 bits per heavy atom. The monoisotopic (exact) mass is 553 g/mol. The lowest BCUT2D eigenvalue weighted by Gasteiger charge is -2.25. The van der Waals surface area contributed by atoms with Gasteiger partial charge in [0, 0.05) is 10.6 Å². The molecule has 5 nitrogen and oxygen atoms in total. The number of anilines is 1. The SMILES string of the molecule is CC1=C(C(=O)Nc2ccccc2)C(c2ccc(F)cc2)n2c(s/c(=C/c3ccc(Br)s3)c2=O)=N1. The van der Waals surface area contributed by atoms with Crippen molar-refractivity contribution in [3.05, 3.63) is 118 Å². The summed E-state index contributed by atoms with van der Waals surface area (Å²) in [4.78, 5) is 33.0. The molecule has 0 fully saturated rings. The molecule has 170 valence electrons. The topological polar surface area (TPSA) is 63.5 Å². The Morgan fingerprint density at radius 1 is 1.09 bits per heavy atom. The van der Waals surface area contributed by atoms with Gasteiger partial charge in [-0.2, -0.15) is 0 Å². The van der Waals surface area contributed by atoms with Crippen LogP contribution in [-0.2, 0) is 4.79 Å². The van der Waals surface area contributed by atoms with E-state index in [0.29, 0.717) is 31.9 Å². The summed E-state index contributed by atoms with van der Waals surface area (Å²) in [7, 11) is 0. The number of aromatic nitrogens is 1. The van der Waals surface area contributed by atoms with E-state index >= 15 is 0 Å². The van der Waals surface area contributed by atoms with Crippen LogP contribution in [0.2, 0.25) is 0 Å². The van der Waals surface area contributed by atoms with Gasteiger partial charge in [-0.05, 0) is 70.9 Å². The predicted octanol–water partition coefficient (Wildman–Crippen LogP) is 4.84. The van der Waals surface area contributed by atoms with E-state index in [2.05, 4.69) is 26.2 Å². The highest BCUT2D eigenvalue weighted by molar-refractivity contribution is 9.11. The summed E-state index contributed by atoms with van der Waals surface area (Å²) in [6, 6.07) is 18.1. The summed E-state index contributed by atoms with van der Waals surface area (Å²) in [6.07, 6.45) is 1.82. The molecule has 0 radical (unpaired) electrons. The Balaban J connectivity index is 1.68. The second-order valence-electron chi connectivity index (χ2n) is 7.60. The molecular formula is C25H17BrFN3O2S2. The lowest BCUT2D eigenvalue weighted by molar-refractivity contribution is -0.113. The molecule has 9 heteroatoms. The van der Waals surface area contributed by atoms with Crippen LogP contribution < -0.4 is 20.2 Å². The molecule has 0 bridgehead atoms. The minimum absolute atomic E-state index is 0.250. The zero-order valence-electron chi connectivity index (χ0n) is 17.8. The molecule has 2 aromatic heterocycles. The van der Waals surface area contributed by atoms with E-state index in [-0.39, 0.29) is 11.5 Å². The smallest absolute Gasteiger partial charge is 0.271 e. The van der Waals surface area contributed by atoms with Crippen LogP contribution in [0.3, 0.4) is 0 Å². The number of thiophene rings is 1. The Hall–Kier alpha value is -3.14. The average Bonchev–Trinajstić information content (AvgIpc) is 3.36. The van der Waals surface area contributed by atoms with Crippen molar-refractivity contribution in [2.75, 3.05) is 5.32 Å². The molecule has 2 aromatic carbocycles. The Bertz CT molecular complexity index is 1600. The second-order valence-corrected chi connectivity index (χ2v) is 11.1. The van der Waals surface area contributed by atoms with E-state index in [1.54, 1.807) is 31.2 Å². The van der Waals surface area contributed by atoms with Crippen LogP contribution in [0.25, 0.3) is 6.08 Å². The van der Waals surface area contributed by atoms with Crippen LogP contribution in [0, 0.1) is 5.82 Å². The Kier molecular flexibility index (Phi) is 6.16. The standard InChI is InChI=1S/C25H17BrFN3O2S2/c1-14-21(23(31)29-17-5-3-2-4-6-17)22(15-7-9-16(27)10-8-15)30-24(32)19(34-25(30)28-14)13-18-11-12-20(26)33-18/h2-13,22H,1H3,(H,29,31)/b19-13+. The number of thiazole rings is 1. The number of carbonyl (C=O) groups is 1. The molecule has 1 amide bonds. The number of carbonyl (C=O) groups excluding carboxylic acids is 1. The maximum atomic E-state index is 13.7. The molecule has 34 heavy (non-hydrogen) atoms. The normalized spacial score (nSPS) is 15.7. The summed E-state index contributed by atoms with van der Waals surface area (Å²) >= 11 is 6.23. The number of nitrogens with zero attached hydrogens (tertiary/aromatic N) is 2. The van der Waals surface area contributed by atoms with Gasteiger partial charge in [0.25, 0.3) is 11.5 Å². The van der Waals surface area contributed by atoms with Gasteiger partial charge in [0.15, 0.2) is 4.80 Å². The highest BCUT2D eigenvalue weighted by Crippen LogP contribution is 2.31. The lowest BCUT2D eigenvalue weighted by atomic mass is 9.95. The van der Waals surface area contributed by atoms with Crippen molar-refractivity contribution in [2.45, 2.75) is 13.0 Å². The zero-order chi connectivity index (χ0) is 23.8. The van der Waals surface area contributed by atoms with Crippen molar-refractivity contribution in [3.8, 4) is 0 Å². The summed E-state index contributed by atoms with van der Waals surface area (Å²) in [6.45, 7) is 1.75. The molecule has 4 aromatic rings.